The number of aliphatic hydroxyl groups excluding tert-OH is 1. The number of halogens is 4. The monoisotopic (exact) mass is 316 g/mol. The summed E-state index contributed by atoms with van der Waals surface area (Å²) in [5.74, 6) is -4.18. The van der Waals surface area contributed by atoms with Gasteiger partial charge in [0.15, 0.2) is 17.5 Å². The molecule has 1 N–H and O–H groups in total. The first-order chi connectivity index (χ1) is 8.49. The summed E-state index contributed by atoms with van der Waals surface area (Å²) in [5.41, 5.74) is 0.416. The van der Waals surface area contributed by atoms with Crippen LogP contribution in [0.25, 0.3) is 0 Å². The van der Waals surface area contributed by atoms with Crippen molar-refractivity contribution in [3.05, 3.63) is 69.4 Å². The molecule has 1 nitrogen and oxygen atoms in total. The number of hydrogen-bond acceptors (Lipinski definition) is 1. The third kappa shape index (κ3) is 2.57. The summed E-state index contributed by atoms with van der Waals surface area (Å²) in [6, 6.07) is 8.22. The Balaban J connectivity index is 2.43. The van der Waals surface area contributed by atoms with E-state index < -0.39 is 23.6 Å². The first-order valence-corrected chi connectivity index (χ1v) is 5.86. The predicted molar refractivity (Wildman–Crippen MR) is 64.5 cm³/mol. The number of benzene rings is 2. The van der Waals surface area contributed by atoms with E-state index in [2.05, 4.69) is 15.9 Å². The molecule has 0 saturated heterocycles. The fraction of sp³-hybridized carbons (Fsp3) is 0.0769. The average Bonchev–Trinajstić information content (AvgIpc) is 2.34. The number of hydrogen-bond donors (Lipinski definition) is 1. The van der Waals surface area contributed by atoms with Crippen molar-refractivity contribution in [1.82, 2.24) is 0 Å². The highest BCUT2D eigenvalue weighted by Gasteiger charge is 2.17. The van der Waals surface area contributed by atoms with E-state index in [4.69, 9.17) is 0 Å². The van der Waals surface area contributed by atoms with Gasteiger partial charge in [0.2, 0.25) is 0 Å². The van der Waals surface area contributed by atoms with Crippen LogP contribution in [0.3, 0.4) is 0 Å². The van der Waals surface area contributed by atoms with Crippen LogP contribution in [0.15, 0.2) is 40.9 Å². The van der Waals surface area contributed by atoms with Gasteiger partial charge in [-0.1, -0.05) is 28.1 Å². The molecule has 0 radical (unpaired) electrons. The van der Waals surface area contributed by atoms with Gasteiger partial charge in [-0.2, -0.15) is 0 Å². The van der Waals surface area contributed by atoms with Gasteiger partial charge in [-0.25, -0.2) is 13.2 Å². The molecule has 2 rings (SSSR count). The maximum Gasteiger partial charge on any atom is 0.194 e. The SMILES string of the molecule is OC(c1cccc(Br)c1)c1cc(F)c(F)c(F)c1. The summed E-state index contributed by atoms with van der Waals surface area (Å²) in [4.78, 5) is 0. The lowest BCUT2D eigenvalue weighted by atomic mass is 10.0. The Morgan fingerprint density at radius 2 is 1.56 bits per heavy atom. The Morgan fingerprint density at radius 1 is 0.944 bits per heavy atom. The fourth-order valence-corrected chi connectivity index (χ4v) is 2.02. The second kappa shape index (κ2) is 5.12. The van der Waals surface area contributed by atoms with E-state index in [1.54, 1.807) is 24.3 Å². The van der Waals surface area contributed by atoms with E-state index in [1.807, 2.05) is 0 Å². The minimum absolute atomic E-state index is 0.0375. The standard InChI is InChI=1S/C13H8BrF3O/c14-9-3-1-2-7(4-9)13(18)8-5-10(15)12(17)11(16)6-8/h1-6,13,18H. The highest BCUT2D eigenvalue weighted by Crippen LogP contribution is 2.26. The molecule has 0 saturated carbocycles. The molecule has 0 aliphatic carbocycles. The van der Waals surface area contributed by atoms with Gasteiger partial charge in [-0.15, -0.1) is 0 Å². The lowest BCUT2D eigenvalue weighted by Crippen LogP contribution is -2.03. The third-order valence-corrected chi connectivity index (χ3v) is 2.98. The van der Waals surface area contributed by atoms with Gasteiger partial charge in [-0.05, 0) is 35.4 Å². The highest BCUT2D eigenvalue weighted by atomic mass is 79.9. The maximum atomic E-state index is 13.1. The van der Waals surface area contributed by atoms with Crippen LogP contribution < -0.4 is 0 Å². The van der Waals surface area contributed by atoms with Gasteiger partial charge in [0.25, 0.3) is 0 Å². The summed E-state index contributed by atoms with van der Waals surface area (Å²) in [6.07, 6.45) is -1.22. The summed E-state index contributed by atoms with van der Waals surface area (Å²) >= 11 is 3.22. The summed E-state index contributed by atoms with van der Waals surface area (Å²) in [6.45, 7) is 0. The van der Waals surface area contributed by atoms with Crippen LogP contribution in [-0.2, 0) is 0 Å². The van der Waals surface area contributed by atoms with E-state index in [9.17, 15) is 18.3 Å². The Hall–Kier alpha value is -1.33. The largest absolute Gasteiger partial charge is 0.384 e. The summed E-state index contributed by atoms with van der Waals surface area (Å²) in [5, 5.41) is 9.98. The molecule has 0 aliphatic rings. The van der Waals surface area contributed by atoms with Gasteiger partial charge in [0, 0.05) is 4.47 Å². The molecule has 0 spiro atoms. The molecule has 0 aliphatic heterocycles. The molecule has 2 aromatic rings. The Bertz CT molecular complexity index is 563. The molecular weight excluding hydrogens is 309 g/mol. The average molecular weight is 317 g/mol. The number of aliphatic hydroxyl groups is 1. The second-order valence-electron chi connectivity index (χ2n) is 3.76. The lowest BCUT2D eigenvalue weighted by Gasteiger charge is -2.12. The van der Waals surface area contributed by atoms with Gasteiger partial charge in [0.1, 0.15) is 6.10 Å². The lowest BCUT2D eigenvalue weighted by molar-refractivity contribution is 0.218. The van der Waals surface area contributed by atoms with Gasteiger partial charge in [-0.3, -0.25) is 0 Å². The van der Waals surface area contributed by atoms with Crippen molar-refractivity contribution in [1.29, 1.82) is 0 Å². The smallest absolute Gasteiger partial charge is 0.194 e. The topological polar surface area (TPSA) is 20.2 Å². The minimum atomic E-state index is -1.54. The molecule has 0 heterocycles. The summed E-state index contributed by atoms with van der Waals surface area (Å²) in [7, 11) is 0. The normalized spacial score (nSPS) is 12.5. The molecule has 18 heavy (non-hydrogen) atoms. The van der Waals surface area contributed by atoms with Crippen molar-refractivity contribution in [2.75, 3.05) is 0 Å². The quantitative estimate of drug-likeness (QED) is 0.832. The van der Waals surface area contributed by atoms with Crippen molar-refractivity contribution < 1.29 is 18.3 Å². The van der Waals surface area contributed by atoms with E-state index in [0.29, 0.717) is 5.56 Å². The maximum absolute atomic E-state index is 13.1. The van der Waals surface area contributed by atoms with Gasteiger partial charge < -0.3 is 5.11 Å². The van der Waals surface area contributed by atoms with Crippen molar-refractivity contribution in [3.8, 4) is 0 Å². The van der Waals surface area contributed by atoms with E-state index in [-0.39, 0.29) is 5.56 Å². The van der Waals surface area contributed by atoms with E-state index in [1.165, 1.54) is 0 Å². The third-order valence-electron chi connectivity index (χ3n) is 2.49. The fourth-order valence-electron chi connectivity index (χ4n) is 1.60. The molecule has 0 amide bonds. The first-order valence-electron chi connectivity index (χ1n) is 5.07. The van der Waals surface area contributed by atoms with Crippen LogP contribution >= 0.6 is 15.9 Å². The van der Waals surface area contributed by atoms with E-state index >= 15 is 0 Å². The van der Waals surface area contributed by atoms with Crippen molar-refractivity contribution in [3.63, 3.8) is 0 Å². The molecule has 0 aromatic heterocycles. The van der Waals surface area contributed by atoms with Crippen LogP contribution in [0.5, 0.6) is 0 Å². The molecule has 2 aromatic carbocycles. The van der Waals surface area contributed by atoms with E-state index in [0.717, 1.165) is 16.6 Å². The Kier molecular flexibility index (Phi) is 3.73. The minimum Gasteiger partial charge on any atom is -0.384 e. The zero-order chi connectivity index (χ0) is 13.3. The van der Waals surface area contributed by atoms with Gasteiger partial charge in [0.05, 0.1) is 0 Å². The van der Waals surface area contributed by atoms with Crippen molar-refractivity contribution >= 4 is 15.9 Å². The second-order valence-corrected chi connectivity index (χ2v) is 4.67. The molecular formula is C13H8BrF3O. The molecule has 94 valence electrons. The molecule has 1 atom stereocenters. The van der Waals surface area contributed by atoms with Crippen LogP contribution in [0, 0.1) is 17.5 Å². The zero-order valence-corrected chi connectivity index (χ0v) is 10.6. The number of rotatable bonds is 2. The molecule has 5 heteroatoms. The molecule has 0 bridgehead atoms. The zero-order valence-electron chi connectivity index (χ0n) is 9.00. The molecule has 1 unspecified atom stereocenters. The Labute approximate surface area is 110 Å². The Morgan fingerprint density at radius 3 is 2.11 bits per heavy atom. The molecule has 0 fully saturated rings. The predicted octanol–water partition coefficient (Wildman–Crippen LogP) is 3.95. The van der Waals surface area contributed by atoms with Crippen LogP contribution in [-0.4, -0.2) is 5.11 Å². The van der Waals surface area contributed by atoms with Crippen molar-refractivity contribution in [2.24, 2.45) is 0 Å². The highest BCUT2D eigenvalue weighted by molar-refractivity contribution is 9.10. The van der Waals surface area contributed by atoms with Crippen molar-refractivity contribution in [2.45, 2.75) is 6.10 Å². The van der Waals surface area contributed by atoms with Crippen LogP contribution in [0.1, 0.15) is 17.2 Å². The van der Waals surface area contributed by atoms with Crippen LogP contribution in [0.2, 0.25) is 0 Å². The van der Waals surface area contributed by atoms with Crippen LogP contribution in [0.4, 0.5) is 13.2 Å². The first kappa shape index (κ1) is 13.1. The summed E-state index contributed by atoms with van der Waals surface area (Å²) < 4.78 is 39.6. The van der Waals surface area contributed by atoms with Gasteiger partial charge >= 0.3 is 0 Å².